The minimum atomic E-state index is -0.0357. The Morgan fingerprint density at radius 2 is 1.94 bits per heavy atom. The molecule has 4 nitrogen and oxygen atoms in total. The van der Waals surface area contributed by atoms with Gasteiger partial charge in [-0.3, -0.25) is 14.7 Å². The summed E-state index contributed by atoms with van der Waals surface area (Å²) in [6.45, 7) is 9.06. The number of aromatic nitrogens is 1. The number of rotatable bonds is 6. The van der Waals surface area contributed by atoms with Crippen LogP contribution < -0.4 is 5.32 Å². The number of hydrogen-bond donors (Lipinski definition) is 1. The van der Waals surface area contributed by atoms with Crippen LogP contribution in [-0.2, 0) is 0 Å². The molecular weight excluding hydrogens is 214 g/mol. The van der Waals surface area contributed by atoms with Crippen molar-refractivity contribution in [3.05, 3.63) is 30.1 Å². The first kappa shape index (κ1) is 13.6. The van der Waals surface area contributed by atoms with Gasteiger partial charge >= 0.3 is 0 Å². The molecule has 4 heteroatoms. The van der Waals surface area contributed by atoms with Gasteiger partial charge in [0.1, 0.15) is 0 Å². The molecule has 1 unspecified atom stereocenters. The van der Waals surface area contributed by atoms with Gasteiger partial charge in [-0.15, -0.1) is 0 Å². The van der Waals surface area contributed by atoms with Crippen LogP contribution in [0.4, 0.5) is 0 Å². The number of nitrogens with zero attached hydrogens (tertiary/aromatic N) is 2. The number of likely N-dealkylation sites (N-methyl/N-ethyl adjacent to an activating group) is 1. The lowest BCUT2D eigenvalue weighted by Crippen LogP contribution is -2.41. The number of nitrogens with one attached hydrogen (secondary N) is 1. The van der Waals surface area contributed by atoms with E-state index in [2.05, 4.69) is 36.0 Å². The van der Waals surface area contributed by atoms with Crippen molar-refractivity contribution in [3.8, 4) is 0 Å². The van der Waals surface area contributed by atoms with Crippen molar-refractivity contribution in [2.45, 2.75) is 26.8 Å². The van der Waals surface area contributed by atoms with Gasteiger partial charge < -0.3 is 5.32 Å². The fourth-order valence-corrected chi connectivity index (χ4v) is 1.82. The minimum absolute atomic E-state index is 0.0357. The van der Waals surface area contributed by atoms with Gasteiger partial charge in [0.15, 0.2) is 0 Å². The van der Waals surface area contributed by atoms with Gasteiger partial charge in [-0.1, -0.05) is 13.8 Å². The lowest BCUT2D eigenvalue weighted by atomic mass is 10.2. The zero-order valence-corrected chi connectivity index (χ0v) is 10.8. The Balaban J connectivity index is 2.43. The van der Waals surface area contributed by atoms with Crippen LogP contribution >= 0.6 is 0 Å². The molecule has 0 aliphatic heterocycles. The second kappa shape index (κ2) is 7.01. The molecule has 0 saturated heterocycles. The van der Waals surface area contributed by atoms with E-state index in [4.69, 9.17) is 0 Å². The van der Waals surface area contributed by atoms with Gasteiger partial charge in [0, 0.05) is 30.5 Å². The Kier molecular flexibility index (Phi) is 5.63. The highest BCUT2D eigenvalue weighted by molar-refractivity contribution is 5.93. The fourth-order valence-electron chi connectivity index (χ4n) is 1.82. The van der Waals surface area contributed by atoms with Crippen molar-refractivity contribution in [1.29, 1.82) is 0 Å². The summed E-state index contributed by atoms with van der Waals surface area (Å²) in [7, 11) is 0. The Morgan fingerprint density at radius 3 is 2.47 bits per heavy atom. The molecule has 1 aromatic rings. The van der Waals surface area contributed by atoms with E-state index in [-0.39, 0.29) is 5.91 Å². The summed E-state index contributed by atoms with van der Waals surface area (Å²) in [4.78, 5) is 18.0. The molecule has 0 saturated carbocycles. The van der Waals surface area contributed by atoms with E-state index in [1.54, 1.807) is 24.5 Å². The highest BCUT2D eigenvalue weighted by Crippen LogP contribution is 1.99. The summed E-state index contributed by atoms with van der Waals surface area (Å²) in [5, 5.41) is 2.94. The van der Waals surface area contributed by atoms with E-state index in [1.165, 1.54) is 0 Å². The molecule has 0 aliphatic carbocycles. The maximum absolute atomic E-state index is 11.8. The van der Waals surface area contributed by atoms with Gasteiger partial charge in [-0.2, -0.15) is 0 Å². The Hall–Kier alpha value is -1.42. The number of amides is 1. The predicted octanol–water partition coefficient (Wildman–Crippen LogP) is 1.54. The Morgan fingerprint density at radius 1 is 1.35 bits per heavy atom. The average Bonchev–Trinajstić information content (AvgIpc) is 2.38. The molecule has 1 heterocycles. The molecule has 0 spiro atoms. The third-order valence-corrected chi connectivity index (χ3v) is 2.94. The largest absolute Gasteiger partial charge is 0.350 e. The van der Waals surface area contributed by atoms with Crippen LogP contribution in [0.15, 0.2) is 24.5 Å². The zero-order valence-electron chi connectivity index (χ0n) is 10.8. The van der Waals surface area contributed by atoms with Gasteiger partial charge in [0.05, 0.1) is 0 Å². The van der Waals surface area contributed by atoms with E-state index in [0.29, 0.717) is 18.2 Å². The van der Waals surface area contributed by atoms with Crippen molar-refractivity contribution in [2.24, 2.45) is 0 Å². The second-order valence-electron chi connectivity index (χ2n) is 4.02. The first-order chi connectivity index (χ1) is 8.19. The molecule has 1 aromatic heterocycles. The molecule has 1 rings (SSSR count). The van der Waals surface area contributed by atoms with Gasteiger partial charge in [0.2, 0.25) is 0 Å². The molecule has 0 fully saturated rings. The molecule has 0 bridgehead atoms. The average molecular weight is 235 g/mol. The minimum Gasteiger partial charge on any atom is -0.350 e. The lowest BCUT2D eigenvalue weighted by Gasteiger charge is -2.26. The Labute approximate surface area is 103 Å². The maximum atomic E-state index is 11.8. The Bertz CT molecular complexity index is 336. The van der Waals surface area contributed by atoms with Crippen LogP contribution in [0.2, 0.25) is 0 Å². The number of carbonyl (C=O) groups excluding carboxylic acids is 1. The fraction of sp³-hybridized carbons (Fsp3) is 0.538. The van der Waals surface area contributed by atoms with Crippen LogP contribution in [0.1, 0.15) is 31.1 Å². The van der Waals surface area contributed by atoms with Crippen LogP contribution in [0, 0.1) is 0 Å². The number of hydrogen-bond acceptors (Lipinski definition) is 3. The molecule has 1 atom stereocenters. The summed E-state index contributed by atoms with van der Waals surface area (Å²) >= 11 is 0. The summed E-state index contributed by atoms with van der Waals surface area (Å²) in [6.07, 6.45) is 3.26. The van der Waals surface area contributed by atoms with Crippen molar-refractivity contribution in [3.63, 3.8) is 0 Å². The third-order valence-electron chi connectivity index (χ3n) is 2.94. The monoisotopic (exact) mass is 235 g/mol. The van der Waals surface area contributed by atoms with E-state index in [0.717, 1.165) is 13.1 Å². The molecule has 0 aromatic carbocycles. The van der Waals surface area contributed by atoms with E-state index in [1.807, 2.05) is 0 Å². The van der Waals surface area contributed by atoms with Gasteiger partial charge in [0.25, 0.3) is 5.91 Å². The normalized spacial score (nSPS) is 12.5. The van der Waals surface area contributed by atoms with E-state index in [9.17, 15) is 4.79 Å². The first-order valence-corrected chi connectivity index (χ1v) is 6.11. The topological polar surface area (TPSA) is 45.2 Å². The molecule has 0 radical (unpaired) electrons. The number of carbonyl (C=O) groups is 1. The molecule has 1 N–H and O–H groups in total. The lowest BCUT2D eigenvalue weighted by molar-refractivity contribution is 0.0938. The standard InChI is InChI=1S/C13H21N3O/c1-4-16(5-2)11(3)10-15-13(17)12-6-8-14-9-7-12/h6-9,11H,4-5,10H2,1-3H3,(H,15,17). The molecule has 0 aliphatic rings. The molecule has 1 amide bonds. The summed E-state index contributed by atoms with van der Waals surface area (Å²) in [6, 6.07) is 3.80. The SMILES string of the molecule is CCN(CC)C(C)CNC(=O)c1ccncc1. The third kappa shape index (κ3) is 4.15. The second-order valence-corrected chi connectivity index (χ2v) is 4.02. The molecule has 94 valence electrons. The summed E-state index contributed by atoms with van der Waals surface area (Å²) in [5.41, 5.74) is 0.659. The van der Waals surface area contributed by atoms with Crippen molar-refractivity contribution < 1.29 is 4.79 Å². The van der Waals surface area contributed by atoms with Gasteiger partial charge in [-0.05, 0) is 32.1 Å². The van der Waals surface area contributed by atoms with Crippen molar-refractivity contribution in [2.75, 3.05) is 19.6 Å². The highest BCUT2D eigenvalue weighted by atomic mass is 16.1. The summed E-state index contributed by atoms with van der Waals surface area (Å²) in [5.74, 6) is -0.0357. The first-order valence-electron chi connectivity index (χ1n) is 6.11. The van der Waals surface area contributed by atoms with Crippen molar-refractivity contribution in [1.82, 2.24) is 15.2 Å². The van der Waals surface area contributed by atoms with Crippen molar-refractivity contribution >= 4 is 5.91 Å². The van der Waals surface area contributed by atoms with Crippen LogP contribution in [0.3, 0.4) is 0 Å². The molecular formula is C13H21N3O. The maximum Gasteiger partial charge on any atom is 0.251 e. The van der Waals surface area contributed by atoms with E-state index < -0.39 is 0 Å². The van der Waals surface area contributed by atoms with Crippen LogP contribution in [-0.4, -0.2) is 41.5 Å². The number of pyridine rings is 1. The highest BCUT2D eigenvalue weighted by Gasteiger charge is 2.11. The van der Waals surface area contributed by atoms with Gasteiger partial charge in [-0.25, -0.2) is 0 Å². The van der Waals surface area contributed by atoms with Crippen LogP contribution in [0.25, 0.3) is 0 Å². The smallest absolute Gasteiger partial charge is 0.251 e. The van der Waals surface area contributed by atoms with E-state index >= 15 is 0 Å². The zero-order chi connectivity index (χ0) is 12.7. The predicted molar refractivity (Wildman–Crippen MR) is 69.0 cm³/mol. The molecule has 17 heavy (non-hydrogen) atoms. The summed E-state index contributed by atoms with van der Waals surface area (Å²) < 4.78 is 0. The quantitative estimate of drug-likeness (QED) is 0.813. The van der Waals surface area contributed by atoms with Crippen LogP contribution in [0.5, 0.6) is 0 Å².